The predicted octanol–water partition coefficient (Wildman–Crippen LogP) is 3.22. The van der Waals surface area contributed by atoms with E-state index in [1.54, 1.807) is 30.3 Å². The number of carbonyl (C=O) groups is 1. The minimum absolute atomic E-state index is 0.0451. The van der Waals surface area contributed by atoms with Crippen molar-refractivity contribution >= 4 is 17.7 Å². The molecule has 1 aromatic heterocycles. The third-order valence-electron chi connectivity index (χ3n) is 2.63. The van der Waals surface area contributed by atoms with E-state index in [9.17, 15) is 4.79 Å². The van der Waals surface area contributed by atoms with Crippen molar-refractivity contribution in [3.05, 3.63) is 54.0 Å². The number of benzene rings is 1. The van der Waals surface area contributed by atoms with Gasteiger partial charge >= 0.3 is 0 Å². The molecule has 1 aromatic carbocycles. The van der Waals surface area contributed by atoms with Crippen molar-refractivity contribution < 1.29 is 13.9 Å². The number of nitrogens with zero attached hydrogens (tertiary/aromatic N) is 1. The van der Waals surface area contributed by atoms with Crippen LogP contribution in [-0.4, -0.2) is 12.5 Å². The predicted molar refractivity (Wildman–Crippen MR) is 78.5 cm³/mol. The Morgan fingerprint density at radius 2 is 2.19 bits per heavy atom. The summed E-state index contributed by atoms with van der Waals surface area (Å²) in [5.41, 5.74) is 0.473. The second-order valence-corrected chi connectivity index (χ2v) is 4.07. The summed E-state index contributed by atoms with van der Waals surface area (Å²) in [7, 11) is 0. The zero-order chi connectivity index (χ0) is 15.1. The molecule has 0 atom stereocenters. The van der Waals surface area contributed by atoms with Gasteiger partial charge in [-0.05, 0) is 31.2 Å². The Labute approximate surface area is 122 Å². The second kappa shape index (κ2) is 6.96. The van der Waals surface area contributed by atoms with Crippen LogP contribution in [0.5, 0.6) is 5.75 Å². The molecule has 5 heteroatoms. The number of hydrogen-bond donors (Lipinski definition) is 1. The molecule has 0 aliphatic carbocycles. The van der Waals surface area contributed by atoms with E-state index in [1.165, 1.54) is 12.3 Å². The third-order valence-corrected chi connectivity index (χ3v) is 2.63. The van der Waals surface area contributed by atoms with Crippen molar-refractivity contribution in [3.8, 4) is 11.8 Å². The minimum Gasteiger partial charge on any atom is -0.492 e. The molecule has 1 heterocycles. The topological polar surface area (TPSA) is 75.3 Å². The highest BCUT2D eigenvalue weighted by molar-refractivity contribution is 6.10. The second-order valence-electron chi connectivity index (χ2n) is 4.07. The zero-order valence-corrected chi connectivity index (χ0v) is 11.5. The summed E-state index contributed by atoms with van der Waals surface area (Å²) in [4.78, 5) is 12.1. The molecule has 0 saturated heterocycles. The monoisotopic (exact) mass is 282 g/mol. The normalized spacial score (nSPS) is 10.8. The van der Waals surface area contributed by atoms with E-state index < -0.39 is 5.91 Å². The Morgan fingerprint density at radius 1 is 1.38 bits per heavy atom. The Hall–Kier alpha value is -3.00. The van der Waals surface area contributed by atoms with E-state index in [4.69, 9.17) is 14.4 Å². The van der Waals surface area contributed by atoms with Crippen LogP contribution in [0.15, 0.2) is 52.7 Å². The largest absolute Gasteiger partial charge is 0.492 e. The van der Waals surface area contributed by atoms with Crippen molar-refractivity contribution in [1.29, 1.82) is 5.26 Å². The first kappa shape index (κ1) is 14.4. The Bertz CT molecular complexity index is 682. The van der Waals surface area contributed by atoms with Gasteiger partial charge in [0.25, 0.3) is 5.91 Å². The number of nitrogens with one attached hydrogen (secondary N) is 1. The molecule has 2 aromatic rings. The maximum atomic E-state index is 12.1. The lowest BCUT2D eigenvalue weighted by Gasteiger charge is -2.10. The number of anilines is 1. The van der Waals surface area contributed by atoms with E-state index in [0.29, 0.717) is 23.8 Å². The molecule has 106 valence electrons. The van der Waals surface area contributed by atoms with Gasteiger partial charge in [-0.1, -0.05) is 12.1 Å². The Morgan fingerprint density at radius 3 is 2.86 bits per heavy atom. The lowest BCUT2D eigenvalue weighted by molar-refractivity contribution is -0.112. The molecule has 1 N–H and O–H groups in total. The Balaban J connectivity index is 2.19. The highest BCUT2D eigenvalue weighted by Gasteiger charge is 2.12. The number of rotatable bonds is 5. The van der Waals surface area contributed by atoms with Gasteiger partial charge in [0.05, 0.1) is 18.6 Å². The third kappa shape index (κ3) is 3.74. The molecule has 0 saturated carbocycles. The number of furan rings is 1. The SMILES string of the molecule is CCOc1ccccc1NC(=O)C(C#N)=Cc1ccco1. The summed E-state index contributed by atoms with van der Waals surface area (Å²) in [5, 5.41) is 11.8. The van der Waals surface area contributed by atoms with Crippen LogP contribution in [0.4, 0.5) is 5.69 Å². The molecule has 5 nitrogen and oxygen atoms in total. The van der Waals surface area contributed by atoms with Crippen LogP contribution in [0.2, 0.25) is 0 Å². The molecule has 21 heavy (non-hydrogen) atoms. The molecule has 0 aliphatic heterocycles. The van der Waals surface area contributed by atoms with Crippen LogP contribution in [0.1, 0.15) is 12.7 Å². The van der Waals surface area contributed by atoms with Crippen molar-refractivity contribution in [2.24, 2.45) is 0 Å². The van der Waals surface area contributed by atoms with Crippen molar-refractivity contribution in [2.75, 3.05) is 11.9 Å². The number of amides is 1. The maximum Gasteiger partial charge on any atom is 0.266 e. The molecule has 0 aliphatic rings. The van der Waals surface area contributed by atoms with Gasteiger partial charge in [0.2, 0.25) is 0 Å². The quantitative estimate of drug-likeness (QED) is 0.674. The molecule has 0 spiro atoms. The fourth-order valence-corrected chi connectivity index (χ4v) is 1.71. The first-order chi connectivity index (χ1) is 10.2. The summed E-state index contributed by atoms with van der Waals surface area (Å²) in [6, 6.07) is 12.3. The van der Waals surface area contributed by atoms with Gasteiger partial charge in [-0.2, -0.15) is 5.26 Å². The number of para-hydroxylation sites is 2. The lowest BCUT2D eigenvalue weighted by atomic mass is 10.2. The van der Waals surface area contributed by atoms with Crippen LogP contribution >= 0.6 is 0 Å². The molecule has 1 amide bonds. The summed E-state index contributed by atoms with van der Waals surface area (Å²) in [6.45, 7) is 2.34. The molecular weight excluding hydrogens is 268 g/mol. The summed E-state index contributed by atoms with van der Waals surface area (Å²) < 4.78 is 10.5. The summed E-state index contributed by atoms with van der Waals surface area (Å²) in [5.74, 6) is 0.490. The van der Waals surface area contributed by atoms with Crippen LogP contribution in [0, 0.1) is 11.3 Å². The molecule has 0 unspecified atom stereocenters. The Kier molecular flexibility index (Phi) is 4.78. The molecule has 2 rings (SSSR count). The summed E-state index contributed by atoms with van der Waals surface area (Å²) in [6.07, 6.45) is 2.86. The number of ether oxygens (including phenoxy) is 1. The average Bonchev–Trinajstić information content (AvgIpc) is 3.00. The van der Waals surface area contributed by atoms with Gasteiger partial charge in [-0.3, -0.25) is 4.79 Å². The van der Waals surface area contributed by atoms with Crippen molar-refractivity contribution in [2.45, 2.75) is 6.92 Å². The van der Waals surface area contributed by atoms with Gasteiger partial charge in [-0.15, -0.1) is 0 Å². The van der Waals surface area contributed by atoms with Crippen molar-refractivity contribution in [1.82, 2.24) is 0 Å². The van der Waals surface area contributed by atoms with Crippen LogP contribution in [0.25, 0.3) is 6.08 Å². The average molecular weight is 282 g/mol. The van der Waals surface area contributed by atoms with Crippen LogP contribution < -0.4 is 10.1 Å². The number of nitriles is 1. The van der Waals surface area contributed by atoms with Crippen LogP contribution in [-0.2, 0) is 4.79 Å². The van der Waals surface area contributed by atoms with Crippen molar-refractivity contribution in [3.63, 3.8) is 0 Å². The lowest BCUT2D eigenvalue weighted by Crippen LogP contribution is -2.14. The van der Waals surface area contributed by atoms with Gasteiger partial charge in [0, 0.05) is 6.08 Å². The maximum absolute atomic E-state index is 12.1. The highest BCUT2D eigenvalue weighted by atomic mass is 16.5. The standard InChI is InChI=1S/C16H14N2O3/c1-2-20-15-8-4-3-7-14(15)18-16(19)12(11-17)10-13-6-5-9-21-13/h3-10H,2H2,1H3,(H,18,19). The molecular formula is C16H14N2O3. The number of carbonyl (C=O) groups excluding carboxylic acids is 1. The summed E-state index contributed by atoms with van der Waals surface area (Å²) >= 11 is 0. The molecule has 0 fully saturated rings. The van der Waals surface area contributed by atoms with E-state index in [-0.39, 0.29) is 5.57 Å². The van der Waals surface area contributed by atoms with E-state index in [1.807, 2.05) is 19.1 Å². The zero-order valence-electron chi connectivity index (χ0n) is 11.5. The van der Waals surface area contributed by atoms with E-state index in [0.717, 1.165) is 0 Å². The smallest absolute Gasteiger partial charge is 0.266 e. The van der Waals surface area contributed by atoms with E-state index in [2.05, 4.69) is 5.32 Å². The fourth-order valence-electron chi connectivity index (χ4n) is 1.71. The first-order valence-corrected chi connectivity index (χ1v) is 6.43. The first-order valence-electron chi connectivity index (χ1n) is 6.43. The van der Waals surface area contributed by atoms with Gasteiger partial charge < -0.3 is 14.5 Å². The molecule has 0 bridgehead atoms. The van der Waals surface area contributed by atoms with Gasteiger partial charge in [0.15, 0.2) is 0 Å². The van der Waals surface area contributed by atoms with E-state index >= 15 is 0 Å². The number of hydrogen-bond acceptors (Lipinski definition) is 4. The fraction of sp³-hybridized carbons (Fsp3) is 0.125. The molecule has 0 radical (unpaired) electrons. The van der Waals surface area contributed by atoms with Gasteiger partial charge in [0.1, 0.15) is 23.2 Å². The highest BCUT2D eigenvalue weighted by Crippen LogP contribution is 2.24. The van der Waals surface area contributed by atoms with Crippen LogP contribution in [0.3, 0.4) is 0 Å². The minimum atomic E-state index is -0.513. The van der Waals surface area contributed by atoms with Gasteiger partial charge in [-0.25, -0.2) is 0 Å².